The van der Waals surface area contributed by atoms with Crippen molar-refractivity contribution in [3.8, 4) is 5.75 Å². The fraction of sp³-hybridized carbons (Fsp3) is 0.364. The van der Waals surface area contributed by atoms with Crippen LogP contribution in [0.5, 0.6) is 5.75 Å². The Morgan fingerprint density at radius 1 is 1.04 bits per heavy atom. The van der Waals surface area contributed by atoms with E-state index in [2.05, 4.69) is 19.2 Å². The number of hydrogen-bond donors (Lipinski definition) is 1. The van der Waals surface area contributed by atoms with Gasteiger partial charge in [-0.1, -0.05) is 55.8 Å². The van der Waals surface area contributed by atoms with Gasteiger partial charge in [-0.05, 0) is 43.0 Å². The first-order chi connectivity index (χ1) is 12.8. The zero-order valence-electron chi connectivity index (χ0n) is 16.3. The highest BCUT2D eigenvalue weighted by molar-refractivity contribution is 6.07. The normalized spacial score (nSPS) is 19.5. The van der Waals surface area contributed by atoms with Gasteiger partial charge < -0.3 is 10.1 Å². The Hall–Kier alpha value is -2.82. The summed E-state index contributed by atoms with van der Waals surface area (Å²) in [5, 5.41) is 2.83. The number of urea groups is 1. The van der Waals surface area contributed by atoms with Gasteiger partial charge in [0.2, 0.25) is 0 Å². The standard InChI is InChI=1S/C22H26N2O3/c1-15(2)17-7-9-18(10-8-17)22(4)20(25)24(21(26)23-22)13-14-27-19-11-5-16(3)6-12-19/h5-12,15H,13-14H2,1-4H3,(H,23,26)/t22-/m0/s1. The number of benzene rings is 2. The second kappa shape index (κ2) is 7.43. The topological polar surface area (TPSA) is 58.6 Å². The van der Waals surface area contributed by atoms with Crippen LogP contribution in [-0.2, 0) is 10.3 Å². The number of ether oxygens (including phenoxy) is 1. The number of carbonyl (C=O) groups excluding carboxylic acids is 2. The van der Waals surface area contributed by atoms with Gasteiger partial charge in [-0.3, -0.25) is 9.69 Å². The average molecular weight is 366 g/mol. The van der Waals surface area contributed by atoms with E-state index in [1.807, 2.05) is 55.5 Å². The average Bonchev–Trinajstić information content (AvgIpc) is 2.87. The van der Waals surface area contributed by atoms with E-state index in [-0.39, 0.29) is 25.1 Å². The first-order valence-corrected chi connectivity index (χ1v) is 9.25. The van der Waals surface area contributed by atoms with Crippen LogP contribution < -0.4 is 10.1 Å². The SMILES string of the molecule is Cc1ccc(OCCN2C(=O)N[C@@](C)(c3ccc(C(C)C)cc3)C2=O)cc1. The minimum atomic E-state index is -1.05. The lowest BCUT2D eigenvalue weighted by molar-refractivity contribution is -0.131. The zero-order chi connectivity index (χ0) is 19.6. The van der Waals surface area contributed by atoms with Crippen molar-refractivity contribution in [1.82, 2.24) is 10.2 Å². The first-order valence-electron chi connectivity index (χ1n) is 9.25. The van der Waals surface area contributed by atoms with Gasteiger partial charge in [0.1, 0.15) is 17.9 Å². The van der Waals surface area contributed by atoms with Crippen LogP contribution >= 0.6 is 0 Å². The summed E-state index contributed by atoms with van der Waals surface area (Å²) in [6.45, 7) is 8.46. The number of imide groups is 1. The van der Waals surface area contributed by atoms with Gasteiger partial charge in [0, 0.05) is 0 Å². The molecule has 5 nitrogen and oxygen atoms in total. The fourth-order valence-electron chi connectivity index (χ4n) is 3.19. The van der Waals surface area contributed by atoms with Gasteiger partial charge in [-0.2, -0.15) is 0 Å². The van der Waals surface area contributed by atoms with Crippen molar-refractivity contribution in [2.75, 3.05) is 13.2 Å². The molecule has 2 aromatic rings. The summed E-state index contributed by atoms with van der Waals surface area (Å²) < 4.78 is 5.66. The van der Waals surface area contributed by atoms with E-state index in [9.17, 15) is 9.59 Å². The molecule has 1 N–H and O–H groups in total. The molecule has 0 spiro atoms. The molecule has 142 valence electrons. The molecule has 2 aromatic carbocycles. The minimum Gasteiger partial charge on any atom is -0.492 e. The monoisotopic (exact) mass is 366 g/mol. The van der Waals surface area contributed by atoms with Gasteiger partial charge in [0.15, 0.2) is 0 Å². The molecule has 1 atom stereocenters. The lowest BCUT2D eigenvalue weighted by Gasteiger charge is -2.23. The van der Waals surface area contributed by atoms with Crippen LogP contribution in [0.4, 0.5) is 4.79 Å². The van der Waals surface area contributed by atoms with E-state index in [1.54, 1.807) is 6.92 Å². The van der Waals surface area contributed by atoms with Crippen LogP contribution in [0, 0.1) is 6.92 Å². The Morgan fingerprint density at radius 3 is 2.26 bits per heavy atom. The minimum absolute atomic E-state index is 0.207. The number of hydrogen-bond acceptors (Lipinski definition) is 3. The van der Waals surface area contributed by atoms with Crippen LogP contribution in [0.3, 0.4) is 0 Å². The maximum absolute atomic E-state index is 12.9. The number of aryl methyl sites for hydroxylation is 1. The van der Waals surface area contributed by atoms with E-state index in [1.165, 1.54) is 10.5 Å². The third-order valence-corrected chi connectivity index (χ3v) is 5.03. The maximum atomic E-state index is 12.9. The molecule has 1 aliphatic rings. The lowest BCUT2D eigenvalue weighted by Crippen LogP contribution is -2.41. The summed E-state index contributed by atoms with van der Waals surface area (Å²) in [5.41, 5.74) is 2.08. The summed E-state index contributed by atoms with van der Waals surface area (Å²) in [5.74, 6) is 0.883. The van der Waals surface area contributed by atoms with Gasteiger partial charge in [0.05, 0.1) is 6.54 Å². The Morgan fingerprint density at radius 2 is 1.67 bits per heavy atom. The van der Waals surface area contributed by atoms with E-state index in [0.717, 1.165) is 16.9 Å². The molecular formula is C22H26N2O3. The molecule has 5 heteroatoms. The highest BCUT2D eigenvalue weighted by atomic mass is 16.5. The number of rotatable bonds is 6. The lowest BCUT2D eigenvalue weighted by atomic mass is 9.90. The highest BCUT2D eigenvalue weighted by Gasteiger charge is 2.48. The van der Waals surface area contributed by atoms with Crippen molar-refractivity contribution < 1.29 is 14.3 Å². The molecule has 0 aliphatic carbocycles. The molecule has 0 aromatic heterocycles. The second-order valence-electron chi connectivity index (χ2n) is 7.45. The largest absolute Gasteiger partial charge is 0.492 e. The highest BCUT2D eigenvalue weighted by Crippen LogP contribution is 2.29. The summed E-state index contributed by atoms with van der Waals surface area (Å²) in [4.78, 5) is 26.5. The van der Waals surface area contributed by atoms with Crippen molar-refractivity contribution in [1.29, 1.82) is 0 Å². The van der Waals surface area contributed by atoms with Crippen LogP contribution in [0.25, 0.3) is 0 Å². The first kappa shape index (κ1) is 19.0. The Kier molecular flexibility index (Phi) is 5.22. The fourth-order valence-corrected chi connectivity index (χ4v) is 3.19. The molecule has 0 unspecified atom stereocenters. The molecule has 1 fully saturated rings. The van der Waals surface area contributed by atoms with Crippen molar-refractivity contribution in [3.05, 3.63) is 65.2 Å². The zero-order valence-corrected chi connectivity index (χ0v) is 16.3. The predicted octanol–water partition coefficient (Wildman–Crippen LogP) is 3.96. The maximum Gasteiger partial charge on any atom is 0.325 e. The Balaban J connectivity index is 1.67. The van der Waals surface area contributed by atoms with E-state index < -0.39 is 5.54 Å². The molecule has 1 aliphatic heterocycles. The molecule has 0 saturated carbocycles. The van der Waals surface area contributed by atoms with Gasteiger partial charge in [-0.25, -0.2) is 4.79 Å². The van der Waals surface area contributed by atoms with Gasteiger partial charge in [-0.15, -0.1) is 0 Å². The molecule has 1 saturated heterocycles. The molecule has 0 radical (unpaired) electrons. The Bertz CT molecular complexity index is 828. The van der Waals surface area contributed by atoms with Crippen LogP contribution in [-0.4, -0.2) is 30.0 Å². The van der Waals surface area contributed by atoms with Gasteiger partial charge in [0.25, 0.3) is 5.91 Å². The van der Waals surface area contributed by atoms with Crippen LogP contribution in [0.15, 0.2) is 48.5 Å². The number of nitrogens with zero attached hydrogens (tertiary/aromatic N) is 1. The summed E-state index contributed by atoms with van der Waals surface area (Å²) in [6, 6.07) is 15.1. The van der Waals surface area contributed by atoms with Gasteiger partial charge >= 0.3 is 6.03 Å². The third-order valence-electron chi connectivity index (χ3n) is 5.03. The van der Waals surface area contributed by atoms with E-state index >= 15 is 0 Å². The van der Waals surface area contributed by atoms with Crippen LogP contribution in [0.2, 0.25) is 0 Å². The molecular weight excluding hydrogens is 340 g/mol. The van der Waals surface area contributed by atoms with Crippen LogP contribution in [0.1, 0.15) is 43.4 Å². The van der Waals surface area contributed by atoms with Crippen molar-refractivity contribution in [2.45, 2.75) is 39.2 Å². The Labute approximate surface area is 160 Å². The summed E-state index contributed by atoms with van der Waals surface area (Å²) in [7, 11) is 0. The number of carbonyl (C=O) groups is 2. The summed E-state index contributed by atoms with van der Waals surface area (Å²) >= 11 is 0. The third kappa shape index (κ3) is 3.82. The molecule has 0 bridgehead atoms. The van der Waals surface area contributed by atoms with E-state index in [0.29, 0.717) is 5.92 Å². The van der Waals surface area contributed by atoms with Crippen molar-refractivity contribution in [2.24, 2.45) is 0 Å². The predicted molar refractivity (Wildman–Crippen MR) is 105 cm³/mol. The molecule has 27 heavy (non-hydrogen) atoms. The van der Waals surface area contributed by atoms with Crippen molar-refractivity contribution >= 4 is 11.9 Å². The molecule has 1 heterocycles. The second-order valence-corrected chi connectivity index (χ2v) is 7.45. The van der Waals surface area contributed by atoms with E-state index in [4.69, 9.17) is 4.74 Å². The summed E-state index contributed by atoms with van der Waals surface area (Å²) in [6.07, 6.45) is 0. The molecule has 3 amide bonds. The van der Waals surface area contributed by atoms with Crippen molar-refractivity contribution in [3.63, 3.8) is 0 Å². The smallest absolute Gasteiger partial charge is 0.325 e. The molecule has 3 rings (SSSR count). The number of amides is 3. The quantitative estimate of drug-likeness (QED) is 0.787. The number of nitrogens with one attached hydrogen (secondary N) is 1.